The number of anilines is 1. The van der Waals surface area contributed by atoms with Crippen LogP contribution in [0.5, 0.6) is 0 Å². The van der Waals surface area contributed by atoms with E-state index < -0.39 is 0 Å². The summed E-state index contributed by atoms with van der Waals surface area (Å²) in [5.41, 5.74) is 1.23. The molecule has 1 aliphatic carbocycles. The summed E-state index contributed by atoms with van der Waals surface area (Å²) in [7, 11) is 0. The van der Waals surface area contributed by atoms with E-state index in [9.17, 15) is 0 Å². The molecule has 2 bridgehead atoms. The number of benzene rings is 1. The van der Waals surface area contributed by atoms with Crippen LogP contribution in [0.25, 0.3) is 0 Å². The van der Waals surface area contributed by atoms with Crippen molar-refractivity contribution in [3.8, 4) is 0 Å². The SMILES string of the molecule is CC(C)N1CC2CCCC(C1)C2Nc1cc(Br)ccc1Br. The third-order valence-corrected chi connectivity index (χ3v) is 6.27. The second-order valence-corrected chi connectivity index (χ2v) is 8.56. The van der Waals surface area contributed by atoms with Gasteiger partial charge in [0.25, 0.3) is 0 Å². The molecule has 0 radical (unpaired) electrons. The van der Waals surface area contributed by atoms with E-state index in [4.69, 9.17) is 0 Å². The zero-order valence-corrected chi connectivity index (χ0v) is 16.0. The lowest BCUT2D eigenvalue weighted by Crippen LogP contribution is -2.56. The highest BCUT2D eigenvalue weighted by Crippen LogP contribution is 2.38. The minimum absolute atomic E-state index is 0.624. The molecule has 0 aromatic heterocycles. The first kappa shape index (κ1) is 15.8. The van der Waals surface area contributed by atoms with Gasteiger partial charge in [-0.25, -0.2) is 0 Å². The standard InChI is InChI=1S/C17H24Br2N2/c1-11(2)21-9-12-4-3-5-13(10-21)17(12)20-16-8-14(18)6-7-15(16)19/h6-8,11-13,17,20H,3-5,9-10H2,1-2H3. The first-order valence-corrected chi connectivity index (χ1v) is 9.59. The number of piperidine rings is 1. The monoisotopic (exact) mass is 414 g/mol. The number of rotatable bonds is 3. The summed E-state index contributed by atoms with van der Waals surface area (Å²) in [6.07, 6.45) is 4.13. The number of fused-ring (bicyclic) bond motifs is 2. The predicted octanol–water partition coefficient (Wildman–Crippen LogP) is 5.13. The van der Waals surface area contributed by atoms with Gasteiger partial charge < -0.3 is 10.2 Å². The average molecular weight is 416 g/mol. The third kappa shape index (κ3) is 3.48. The van der Waals surface area contributed by atoms with Crippen molar-refractivity contribution in [2.24, 2.45) is 11.8 Å². The quantitative estimate of drug-likeness (QED) is 0.735. The number of nitrogens with zero attached hydrogens (tertiary/aromatic N) is 1. The van der Waals surface area contributed by atoms with Crippen molar-refractivity contribution in [3.63, 3.8) is 0 Å². The highest BCUT2D eigenvalue weighted by molar-refractivity contribution is 9.11. The summed E-state index contributed by atoms with van der Waals surface area (Å²) < 4.78 is 2.30. The van der Waals surface area contributed by atoms with Crippen molar-refractivity contribution in [2.45, 2.75) is 45.2 Å². The minimum Gasteiger partial charge on any atom is -0.381 e. The number of hydrogen-bond donors (Lipinski definition) is 1. The Balaban J connectivity index is 1.78. The van der Waals surface area contributed by atoms with E-state index in [1.54, 1.807) is 0 Å². The van der Waals surface area contributed by atoms with Crippen LogP contribution in [-0.4, -0.2) is 30.1 Å². The minimum atomic E-state index is 0.624. The molecule has 4 heteroatoms. The van der Waals surface area contributed by atoms with Gasteiger partial charge in [0.15, 0.2) is 0 Å². The highest BCUT2D eigenvalue weighted by atomic mass is 79.9. The van der Waals surface area contributed by atoms with Crippen LogP contribution in [0.15, 0.2) is 27.1 Å². The molecule has 2 aliphatic rings. The fourth-order valence-corrected chi connectivity index (χ4v) is 4.64. The Labute approximate surface area is 144 Å². The molecular formula is C17H24Br2N2. The normalized spacial score (nSPS) is 29.7. The van der Waals surface area contributed by atoms with Crippen LogP contribution in [0.3, 0.4) is 0 Å². The predicted molar refractivity (Wildman–Crippen MR) is 96.8 cm³/mol. The molecule has 1 N–H and O–H groups in total. The van der Waals surface area contributed by atoms with Crippen LogP contribution < -0.4 is 5.32 Å². The second-order valence-electron chi connectivity index (χ2n) is 6.79. The number of nitrogens with one attached hydrogen (secondary N) is 1. The molecule has 1 aromatic rings. The molecule has 1 heterocycles. The lowest BCUT2D eigenvalue weighted by atomic mass is 9.73. The van der Waals surface area contributed by atoms with E-state index in [-0.39, 0.29) is 0 Å². The lowest BCUT2D eigenvalue weighted by molar-refractivity contribution is 0.0518. The van der Waals surface area contributed by atoms with Gasteiger partial charge in [-0.1, -0.05) is 22.4 Å². The van der Waals surface area contributed by atoms with Gasteiger partial charge >= 0.3 is 0 Å². The van der Waals surface area contributed by atoms with Gasteiger partial charge in [0.2, 0.25) is 0 Å². The molecule has 2 unspecified atom stereocenters. The molecule has 0 amide bonds. The largest absolute Gasteiger partial charge is 0.381 e. The van der Waals surface area contributed by atoms with Crippen molar-refractivity contribution < 1.29 is 0 Å². The summed E-state index contributed by atoms with van der Waals surface area (Å²) in [6.45, 7) is 7.15. The van der Waals surface area contributed by atoms with Gasteiger partial charge in [0, 0.05) is 39.8 Å². The summed E-state index contributed by atoms with van der Waals surface area (Å²) in [6, 6.07) is 7.68. The summed E-state index contributed by atoms with van der Waals surface area (Å²) in [5.74, 6) is 1.57. The number of hydrogen-bond acceptors (Lipinski definition) is 2. The molecule has 1 aromatic carbocycles. The van der Waals surface area contributed by atoms with E-state index in [0.29, 0.717) is 12.1 Å². The number of halogens is 2. The fourth-order valence-electron chi connectivity index (χ4n) is 3.92. The second kappa shape index (κ2) is 6.59. The molecule has 21 heavy (non-hydrogen) atoms. The van der Waals surface area contributed by atoms with Crippen molar-refractivity contribution in [3.05, 3.63) is 27.1 Å². The van der Waals surface area contributed by atoms with Gasteiger partial charge in [0.1, 0.15) is 0 Å². The van der Waals surface area contributed by atoms with Gasteiger partial charge in [-0.05, 0) is 72.7 Å². The van der Waals surface area contributed by atoms with Gasteiger partial charge in [-0.2, -0.15) is 0 Å². The maximum absolute atomic E-state index is 3.85. The van der Waals surface area contributed by atoms with Crippen molar-refractivity contribution in [1.29, 1.82) is 0 Å². The van der Waals surface area contributed by atoms with Crippen LogP contribution in [0.1, 0.15) is 33.1 Å². The van der Waals surface area contributed by atoms with Gasteiger partial charge in [-0.15, -0.1) is 0 Å². The molecule has 1 saturated carbocycles. The van der Waals surface area contributed by atoms with Crippen molar-refractivity contribution in [2.75, 3.05) is 18.4 Å². The van der Waals surface area contributed by atoms with Crippen LogP contribution in [0, 0.1) is 11.8 Å². The Bertz CT molecular complexity index is 490. The average Bonchev–Trinajstić information content (AvgIpc) is 2.42. The zero-order valence-electron chi connectivity index (χ0n) is 12.8. The van der Waals surface area contributed by atoms with Crippen molar-refractivity contribution >= 4 is 37.5 Å². The van der Waals surface area contributed by atoms with Crippen LogP contribution in [0.2, 0.25) is 0 Å². The van der Waals surface area contributed by atoms with Gasteiger partial charge in [0.05, 0.1) is 0 Å². The van der Waals surface area contributed by atoms with E-state index in [0.717, 1.165) is 20.8 Å². The van der Waals surface area contributed by atoms with Crippen LogP contribution >= 0.6 is 31.9 Å². The molecule has 1 aliphatic heterocycles. The maximum Gasteiger partial charge on any atom is 0.0498 e. The maximum atomic E-state index is 3.85. The summed E-state index contributed by atoms with van der Waals surface area (Å²) in [5, 5.41) is 3.85. The van der Waals surface area contributed by atoms with E-state index in [1.165, 1.54) is 38.0 Å². The Morgan fingerprint density at radius 3 is 2.43 bits per heavy atom. The molecule has 2 nitrogen and oxygen atoms in total. The van der Waals surface area contributed by atoms with Crippen LogP contribution in [-0.2, 0) is 0 Å². The van der Waals surface area contributed by atoms with Crippen LogP contribution in [0.4, 0.5) is 5.69 Å². The number of likely N-dealkylation sites (tertiary alicyclic amines) is 1. The van der Waals surface area contributed by atoms with Crippen molar-refractivity contribution in [1.82, 2.24) is 4.90 Å². The van der Waals surface area contributed by atoms with E-state index >= 15 is 0 Å². The summed E-state index contributed by atoms with van der Waals surface area (Å²) in [4.78, 5) is 2.67. The third-order valence-electron chi connectivity index (χ3n) is 5.08. The molecule has 2 fully saturated rings. The Hall–Kier alpha value is -0.0600. The van der Waals surface area contributed by atoms with E-state index in [1.807, 2.05) is 0 Å². The molecule has 0 spiro atoms. The fraction of sp³-hybridized carbons (Fsp3) is 0.647. The molecule has 2 atom stereocenters. The Morgan fingerprint density at radius 2 is 1.81 bits per heavy atom. The molecule has 1 saturated heterocycles. The molecule has 116 valence electrons. The highest BCUT2D eigenvalue weighted by Gasteiger charge is 2.40. The topological polar surface area (TPSA) is 15.3 Å². The molecule has 3 rings (SSSR count). The van der Waals surface area contributed by atoms with E-state index in [2.05, 4.69) is 74.1 Å². The first-order chi connectivity index (χ1) is 10.0. The zero-order chi connectivity index (χ0) is 15.0. The lowest BCUT2D eigenvalue weighted by Gasteiger charge is -2.49. The Kier molecular flexibility index (Phi) is 4.97. The molecular weight excluding hydrogens is 392 g/mol. The summed E-state index contributed by atoms with van der Waals surface area (Å²) >= 11 is 7.26. The van der Waals surface area contributed by atoms with Gasteiger partial charge in [-0.3, -0.25) is 0 Å². The Morgan fingerprint density at radius 1 is 1.14 bits per heavy atom. The first-order valence-electron chi connectivity index (χ1n) is 8.00. The smallest absolute Gasteiger partial charge is 0.0498 e.